The Morgan fingerprint density at radius 2 is 2.09 bits per heavy atom. The van der Waals surface area contributed by atoms with Gasteiger partial charge < -0.3 is 5.11 Å². The highest BCUT2D eigenvalue weighted by Crippen LogP contribution is 2.27. The van der Waals surface area contributed by atoms with Crippen molar-refractivity contribution >= 4 is 39.0 Å². The molecule has 0 aliphatic heterocycles. The number of benzene rings is 1. The lowest BCUT2D eigenvalue weighted by Gasteiger charge is -2.04. The first kappa shape index (κ1) is 15.6. The molecule has 1 N–H and O–H groups in total. The van der Waals surface area contributed by atoms with E-state index in [0.29, 0.717) is 27.5 Å². The Labute approximate surface area is 140 Å². The number of nitrogens with zero attached hydrogens (tertiary/aromatic N) is 2. The average Bonchev–Trinajstić information content (AvgIpc) is 2.52. The van der Waals surface area contributed by atoms with Crippen LogP contribution in [0.1, 0.15) is 12.0 Å². The Kier molecular flexibility index (Phi) is 4.36. The van der Waals surface area contributed by atoms with Gasteiger partial charge in [-0.25, -0.2) is 0 Å². The van der Waals surface area contributed by atoms with Gasteiger partial charge in [-0.15, -0.1) is 11.3 Å². The number of rotatable bonds is 4. The number of pyridine rings is 1. The molecule has 0 aliphatic carbocycles. The first-order valence-corrected chi connectivity index (χ1v) is 8.00. The van der Waals surface area contributed by atoms with E-state index in [1.165, 1.54) is 11.3 Å². The van der Waals surface area contributed by atoms with Crippen LogP contribution in [0.2, 0.25) is 5.02 Å². The number of carboxylic acid groups (broad SMARTS) is 1. The molecule has 0 spiro atoms. The van der Waals surface area contributed by atoms with Crippen molar-refractivity contribution in [3.8, 4) is 10.7 Å². The van der Waals surface area contributed by atoms with E-state index in [2.05, 4.69) is 9.97 Å². The van der Waals surface area contributed by atoms with E-state index in [1.807, 2.05) is 0 Å². The van der Waals surface area contributed by atoms with E-state index in [9.17, 15) is 9.59 Å². The molecule has 7 heteroatoms. The summed E-state index contributed by atoms with van der Waals surface area (Å²) in [6.45, 7) is 0. The van der Waals surface area contributed by atoms with Gasteiger partial charge in [0.25, 0.3) is 5.56 Å². The molecule has 0 saturated carbocycles. The van der Waals surface area contributed by atoms with Crippen LogP contribution in [0.3, 0.4) is 0 Å². The van der Waals surface area contributed by atoms with Crippen molar-refractivity contribution in [2.24, 2.45) is 0 Å². The largest absolute Gasteiger partial charge is 0.481 e. The van der Waals surface area contributed by atoms with Crippen molar-refractivity contribution in [2.75, 3.05) is 0 Å². The molecule has 0 unspecified atom stereocenters. The summed E-state index contributed by atoms with van der Waals surface area (Å²) < 4.78 is 0.741. The first-order chi connectivity index (χ1) is 11.0. The minimum Gasteiger partial charge on any atom is -0.481 e. The predicted molar refractivity (Wildman–Crippen MR) is 90.1 cm³/mol. The predicted octanol–water partition coefficient (Wildman–Crippen LogP) is 3.39. The quantitative estimate of drug-likeness (QED) is 0.783. The molecule has 3 rings (SSSR count). The molecule has 3 aromatic rings. The number of aromatic nitrogens is 2. The number of aryl methyl sites for hydroxylation is 1. The number of aliphatic carboxylic acids is 1. The maximum atomic E-state index is 12.1. The highest BCUT2D eigenvalue weighted by molar-refractivity contribution is 7.21. The summed E-state index contributed by atoms with van der Waals surface area (Å²) in [6, 6.07) is 8.56. The van der Waals surface area contributed by atoms with E-state index in [4.69, 9.17) is 16.7 Å². The minimum absolute atomic E-state index is 0.0421. The number of fused-ring (bicyclic) bond motifs is 1. The second-order valence-corrected chi connectivity index (χ2v) is 6.37. The summed E-state index contributed by atoms with van der Waals surface area (Å²) in [5, 5.41) is 10.3. The van der Waals surface area contributed by atoms with E-state index in [-0.39, 0.29) is 12.0 Å². The highest BCUT2D eigenvalue weighted by Gasteiger charge is 2.09. The molecule has 0 atom stereocenters. The van der Waals surface area contributed by atoms with Gasteiger partial charge in [0.2, 0.25) is 0 Å². The van der Waals surface area contributed by atoms with Gasteiger partial charge in [-0.2, -0.15) is 4.98 Å². The van der Waals surface area contributed by atoms with Crippen molar-refractivity contribution in [1.29, 1.82) is 0 Å². The zero-order valence-corrected chi connectivity index (χ0v) is 13.4. The van der Waals surface area contributed by atoms with Crippen LogP contribution in [0.25, 0.3) is 20.8 Å². The molecule has 2 aromatic heterocycles. The van der Waals surface area contributed by atoms with E-state index in [1.54, 1.807) is 36.5 Å². The first-order valence-electron chi connectivity index (χ1n) is 6.80. The molecule has 116 valence electrons. The lowest BCUT2D eigenvalue weighted by Crippen LogP contribution is -2.06. The van der Waals surface area contributed by atoms with Gasteiger partial charge in [-0.3, -0.25) is 14.6 Å². The molecule has 1 aromatic carbocycles. The number of hydrogen-bond donors (Lipinski definition) is 1. The number of carboxylic acids is 1. The Morgan fingerprint density at radius 1 is 1.26 bits per heavy atom. The second-order valence-electron chi connectivity index (χ2n) is 4.91. The number of carbonyl (C=O) groups is 1. The van der Waals surface area contributed by atoms with Crippen LogP contribution in [0.4, 0.5) is 0 Å². The van der Waals surface area contributed by atoms with Gasteiger partial charge in [-0.1, -0.05) is 11.6 Å². The van der Waals surface area contributed by atoms with Crippen LogP contribution in [0.5, 0.6) is 0 Å². The van der Waals surface area contributed by atoms with E-state index in [0.717, 1.165) is 10.3 Å². The average molecular weight is 347 g/mol. The Morgan fingerprint density at radius 3 is 2.87 bits per heavy atom. The lowest BCUT2D eigenvalue weighted by molar-refractivity contribution is -0.136. The van der Waals surface area contributed by atoms with Crippen LogP contribution in [-0.2, 0) is 11.2 Å². The van der Waals surface area contributed by atoms with Gasteiger partial charge in [-0.05, 0) is 42.3 Å². The third kappa shape index (κ3) is 3.55. The van der Waals surface area contributed by atoms with Crippen LogP contribution in [0, 0.1) is 0 Å². The molecule has 0 amide bonds. The summed E-state index contributed by atoms with van der Waals surface area (Å²) in [5.74, 6) is -0.855. The van der Waals surface area contributed by atoms with E-state index >= 15 is 0 Å². The zero-order valence-electron chi connectivity index (χ0n) is 11.8. The molecular weight excluding hydrogens is 336 g/mol. The fourth-order valence-electron chi connectivity index (χ4n) is 2.14. The molecule has 23 heavy (non-hydrogen) atoms. The SMILES string of the molecule is O=C(O)CCc1ccnc(-c2nc(=O)c3ccc(Cl)cc3s2)c1. The van der Waals surface area contributed by atoms with Gasteiger partial charge in [0.15, 0.2) is 0 Å². The molecule has 0 aliphatic rings. The number of halogens is 1. The van der Waals surface area contributed by atoms with Crippen molar-refractivity contribution in [2.45, 2.75) is 12.8 Å². The fourth-order valence-corrected chi connectivity index (χ4v) is 3.39. The van der Waals surface area contributed by atoms with Gasteiger partial charge >= 0.3 is 5.97 Å². The Hall–Kier alpha value is -2.31. The number of hydrogen-bond acceptors (Lipinski definition) is 5. The molecule has 5 nitrogen and oxygen atoms in total. The van der Waals surface area contributed by atoms with Crippen molar-refractivity contribution < 1.29 is 9.90 Å². The lowest BCUT2D eigenvalue weighted by atomic mass is 10.1. The molecule has 0 fully saturated rings. The monoisotopic (exact) mass is 346 g/mol. The third-order valence-electron chi connectivity index (χ3n) is 3.25. The second kappa shape index (κ2) is 6.44. The third-order valence-corrected chi connectivity index (χ3v) is 4.54. The summed E-state index contributed by atoms with van der Waals surface area (Å²) in [6.07, 6.45) is 2.03. The van der Waals surface area contributed by atoms with Crippen molar-refractivity contribution in [3.05, 3.63) is 57.5 Å². The fraction of sp³-hybridized carbons (Fsp3) is 0.125. The molecule has 2 heterocycles. The smallest absolute Gasteiger partial charge is 0.303 e. The van der Waals surface area contributed by atoms with Gasteiger partial charge in [0, 0.05) is 22.3 Å². The van der Waals surface area contributed by atoms with Gasteiger partial charge in [0.05, 0.1) is 11.1 Å². The van der Waals surface area contributed by atoms with Crippen molar-refractivity contribution in [3.63, 3.8) is 0 Å². The molecule has 0 saturated heterocycles. The van der Waals surface area contributed by atoms with Crippen molar-refractivity contribution in [1.82, 2.24) is 9.97 Å². The van der Waals surface area contributed by atoms with Crippen LogP contribution in [-0.4, -0.2) is 21.0 Å². The maximum Gasteiger partial charge on any atom is 0.303 e. The minimum atomic E-state index is -0.855. The normalized spacial score (nSPS) is 10.8. The zero-order chi connectivity index (χ0) is 16.4. The molecule has 0 radical (unpaired) electrons. The standard InChI is InChI=1S/C16H11ClN2O3S/c17-10-2-3-11-13(8-10)23-16(19-15(11)22)12-7-9(5-6-18-12)1-4-14(20)21/h2-3,5-8H,1,4H2,(H,20,21). The summed E-state index contributed by atoms with van der Waals surface area (Å²) in [5.41, 5.74) is 1.06. The molecular formula is C16H11ClN2O3S. The van der Waals surface area contributed by atoms with Crippen LogP contribution < -0.4 is 5.56 Å². The summed E-state index contributed by atoms with van der Waals surface area (Å²) in [7, 11) is 0. The maximum absolute atomic E-state index is 12.1. The Bertz CT molecular complexity index is 955. The Balaban J connectivity index is 2.04. The summed E-state index contributed by atoms with van der Waals surface area (Å²) >= 11 is 7.31. The van der Waals surface area contributed by atoms with Crippen LogP contribution >= 0.6 is 22.9 Å². The van der Waals surface area contributed by atoms with Gasteiger partial charge in [0.1, 0.15) is 5.01 Å². The highest BCUT2D eigenvalue weighted by atomic mass is 35.5. The molecule has 0 bridgehead atoms. The van der Waals surface area contributed by atoms with E-state index < -0.39 is 5.97 Å². The van der Waals surface area contributed by atoms with Crippen LogP contribution in [0.15, 0.2) is 41.3 Å². The topological polar surface area (TPSA) is 80.2 Å². The summed E-state index contributed by atoms with van der Waals surface area (Å²) in [4.78, 5) is 31.1.